The van der Waals surface area contributed by atoms with E-state index in [2.05, 4.69) is 22.9 Å². The average molecular weight is 379 g/mol. The minimum absolute atomic E-state index is 0.103. The molecular weight excluding hydrogens is 353 g/mol. The zero-order valence-electron chi connectivity index (χ0n) is 16.2. The van der Waals surface area contributed by atoms with E-state index in [1.165, 1.54) is 12.1 Å². The van der Waals surface area contributed by atoms with Crippen LogP contribution < -0.4 is 0 Å². The maximum atomic E-state index is 13.5. The molecule has 3 aromatic rings. The molecule has 1 unspecified atom stereocenters. The van der Waals surface area contributed by atoms with Gasteiger partial charge in [-0.25, -0.2) is 4.39 Å². The van der Waals surface area contributed by atoms with Crippen molar-refractivity contribution in [2.24, 2.45) is 0 Å². The van der Waals surface area contributed by atoms with E-state index >= 15 is 0 Å². The molecule has 1 N–H and O–H groups in total. The number of carbonyl (C=O) groups is 1. The number of H-pyrrole nitrogens is 1. The first-order chi connectivity index (χ1) is 13.7. The van der Waals surface area contributed by atoms with Crippen molar-refractivity contribution in [3.63, 3.8) is 0 Å². The van der Waals surface area contributed by atoms with Gasteiger partial charge in [-0.2, -0.15) is 0 Å². The van der Waals surface area contributed by atoms with Gasteiger partial charge in [0.05, 0.1) is 0 Å². The van der Waals surface area contributed by atoms with E-state index in [-0.39, 0.29) is 17.6 Å². The summed E-state index contributed by atoms with van der Waals surface area (Å²) in [5.41, 5.74) is 3.10. The van der Waals surface area contributed by atoms with Crippen molar-refractivity contribution in [1.82, 2.24) is 14.8 Å². The summed E-state index contributed by atoms with van der Waals surface area (Å²) in [5.74, 6) is -0.202. The minimum atomic E-state index is -0.261. The lowest BCUT2D eigenvalue weighted by Gasteiger charge is -2.34. The highest BCUT2D eigenvalue weighted by Crippen LogP contribution is 2.34. The molecule has 1 aliphatic heterocycles. The van der Waals surface area contributed by atoms with Gasteiger partial charge in [0.25, 0.3) is 0 Å². The summed E-state index contributed by atoms with van der Waals surface area (Å²) in [5, 5.41) is 1.11. The van der Waals surface area contributed by atoms with E-state index in [0.29, 0.717) is 6.42 Å². The molecule has 28 heavy (non-hydrogen) atoms. The van der Waals surface area contributed by atoms with Crippen LogP contribution in [-0.4, -0.2) is 53.4 Å². The molecule has 2 heterocycles. The van der Waals surface area contributed by atoms with Crippen molar-refractivity contribution in [3.05, 3.63) is 71.7 Å². The summed E-state index contributed by atoms with van der Waals surface area (Å²) in [6, 6.07) is 14.6. The number of likely N-dealkylation sites (N-methyl/N-ethyl adjacent to an activating group) is 1. The van der Waals surface area contributed by atoms with Crippen molar-refractivity contribution in [2.45, 2.75) is 19.3 Å². The maximum Gasteiger partial charge on any atom is 0.223 e. The molecule has 1 aliphatic rings. The van der Waals surface area contributed by atoms with E-state index < -0.39 is 0 Å². The molecule has 1 fully saturated rings. The number of hydrogen-bond donors (Lipinski definition) is 1. The molecule has 2 aromatic carbocycles. The zero-order valence-corrected chi connectivity index (χ0v) is 16.2. The second-order valence-corrected chi connectivity index (χ2v) is 7.41. The normalized spacial score (nSPS) is 16.4. The molecule has 1 saturated heterocycles. The van der Waals surface area contributed by atoms with Crippen LogP contribution >= 0.6 is 0 Å². The van der Waals surface area contributed by atoms with Crippen LogP contribution in [0.1, 0.15) is 30.4 Å². The van der Waals surface area contributed by atoms with Crippen LogP contribution in [0.4, 0.5) is 4.39 Å². The quantitative estimate of drug-likeness (QED) is 0.728. The number of halogens is 1. The van der Waals surface area contributed by atoms with Crippen LogP contribution in [0.25, 0.3) is 10.9 Å². The predicted molar refractivity (Wildman–Crippen MR) is 110 cm³/mol. The Morgan fingerprint density at radius 1 is 1.07 bits per heavy atom. The van der Waals surface area contributed by atoms with Crippen LogP contribution in [0.5, 0.6) is 0 Å². The fourth-order valence-corrected chi connectivity index (χ4v) is 4.10. The number of hydrogen-bond acceptors (Lipinski definition) is 2. The van der Waals surface area contributed by atoms with Crippen LogP contribution in [0.2, 0.25) is 0 Å². The number of aromatic nitrogens is 1. The van der Waals surface area contributed by atoms with Gasteiger partial charge in [0.1, 0.15) is 5.82 Å². The number of fused-ring (bicyclic) bond motifs is 1. The summed E-state index contributed by atoms with van der Waals surface area (Å²) in [7, 11) is 0. The number of nitrogens with one attached hydrogen (secondary N) is 1. The molecule has 4 rings (SSSR count). The fourth-order valence-electron chi connectivity index (χ4n) is 4.10. The number of carbonyl (C=O) groups excluding carboxylic acids is 1. The highest BCUT2D eigenvalue weighted by molar-refractivity contribution is 5.86. The van der Waals surface area contributed by atoms with Crippen molar-refractivity contribution in [3.8, 4) is 0 Å². The van der Waals surface area contributed by atoms with Gasteiger partial charge in [-0.05, 0) is 35.9 Å². The third kappa shape index (κ3) is 3.80. The van der Waals surface area contributed by atoms with Crippen molar-refractivity contribution in [1.29, 1.82) is 0 Å². The van der Waals surface area contributed by atoms with Gasteiger partial charge in [-0.15, -0.1) is 0 Å². The Balaban J connectivity index is 1.62. The number of piperazine rings is 1. The highest BCUT2D eigenvalue weighted by Gasteiger charge is 2.26. The molecule has 0 aliphatic carbocycles. The third-order valence-electron chi connectivity index (χ3n) is 5.82. The number of benzene rings is 2. The Kier molecular flexibility index (Phi) is 5.44. The lowest BCUT2D eigenvalue weighted by atomic mass is 9.87. The number of amides is 1. The smallest absolute Gasteiger partial charge is 0.223 e. The van der Waals surface area contributed by atoms with E-state index in [1.54, 1.807) is 12.1 Å². The number of aromatic amines is 1. The molecule has 0 bridgehead atoms. The molecule has 1 amide bonds. The summed E-state index contributed by atoms with van der Waals surface area (Å²) in [6.07, 6.45) is 2.38. The molecule has 146 valence electrons. The zero-order chi connectivity index (χ0) is 19.5. The Morgan fingerprint density at radius 3 is 2.50 bits per heavy atom. The molecular formula is C23H26FN3O. The van der Waals surface area contributed by atoms with Gasteiger partial charge < -0.3 is 14.8 Å². The lowest BCUT2D eigenvalue weighted by Crippen LogP contribution is -2.48. The van der Waals surface area contributed by atoms with Gasteiger partial charge in [-0.3, -0.25) is 4.79 Å². The van der Waals surface area contributed by atoms with Crippen molar-refractivity contribution in [2.75, 3.05) is 32.7 Å². The Hall–Kier alpha value is -2.66. The number of rotatable bonds is 5. The second kappa shape index (κ2) is 8.15. The molecule has 1 aromatic heterocycles. The topological polar surface area (TPSA) is 39.3 Å². The molecule has 0 spiro atoms. The average Bonchev–Trinajstić information content (AvgIpc) is 3.16. The maximum absolute atomic E-state index is 13.5. The van der Waals surface area contributed by atoms with Gasteiger partial charge in [0.15, 0.2) is 0 Å². The molecule has 0 radical (unpaired) electrons. The SMILES string of the molecule is CCN1CCN(C(=O)CC(c2ccc(F)cc2)c2c[nH]c3ccccc23)CC1. The molecule has 0 saturated carbocycles. The van der Waals surface area contributed by atoms with Gasteiger partial charge in [0.2, 0.25) is 5.91 Å². The third-order valence-corrected chi connectivity index (χ3v) is 5.82. The number of para-hydroxylation sites is 1. The first-order valence-electron chi connectivity index (χ1n) is 9.97. The number of nitrogens with zero attached hydrogens (tertiary/aromatic N) is 2. The standard InChI is InChI=1S/C23H26FN3O/c1-2-26-11-13-27(14-12-26)23(28)15-20(17-7-9-18(24)10-8-17)21-16-25-22-6-4-3-5-19(21)22/h3-10,16,20,25H,2,11-15H2,1H3. The van der Waals surface area contributed by atoms with Gasteiger partial charge in [0, 0.05) is 55.6 Å². The van der Waals surface area contributed by atoms with Crippen LogP contribution in [0, 0.1) is 5.82 Å². The van der Waals surface area contributed by atoms with Crippen LogP contribution in [0.15, 0.2) is 54.7 Å². The van der Waals surface area contributed by atoms with Crippen LogP contribution in [-0.2, 0) is 4.79 Å². The molecule has 1 atom stereocenters. The van der Waals surface area contributed by atoms with Gasteiger partial charge >= 0.3 is 0 Å². The monoisotopic (exact) mass is 379 g/mol. The minimum Gasteiger partial charge on any atom is -0.361 e. The first-order valence-corrected chi connectivity index (χ1v) is 9.97. The first kappa shape index (κ1) is 18.7. The van der Waals surface area contributed by atoms with Crippen molar-refractivity contribution >= 4 is 16.8 Å². The summed E-state index contributed by atoms with van der Waals surface area (Å²) < 4.78 is 13.5. The highest BCUT2D eigenvalue weighted by atomic mass is 19.1. The predicted octanol–water partition coefficient (Wildman–Crippen LogP) is 3.99. The summed E-state index contributed by atoms with van der Waals surface area (Å²) in [4.78, 5) is 20.7. The van der Waals surface area contributed by atoms with Gasteiger partial charge in [-0.1, -0.05) is 37.3 Å². The van der Waals surface area contributed by atoms with Crippen molar-refractivity contribution < 1.29 is 9.18 Å². The van der Waals surface area contributed by atoms with E-state index in [9.17, 15) is 9.18 Å². The summed E-state index contributed by atoms with van der Waals surface area (Å²) in [6.45, 7) is 6.58. The molecule has 4 nitrogen and oxygen atoms in total. The Bertz CT molecular complexity index is 942. The van der Waals surface area contributed by atoms with E-state index in [4.69, 9.17) is 0 Å². The van der Waals surface area contributed by atoms with Crippen LogP contribution in [0.3, 0.4) is 0 Å². The Labute approximate surface area is 165 Å². The fraction of sp³-hybridized carbons (Fsp3) is 0.348. The largest absolute Gasteiger partial charge is 0.361 e. The lowest BCUT2D eigenvalue weighted by molar-refractivity contribution is -0.133. The molecule has 5 heteroatoms. The second-order valence-electron chi connectivity index (χ2n) is 7.41. The van der Waals surface area contributed by atoms with E-state index in [1.807, 2.05) is 29.3 Å². The Morgan fingerprint density at radius 2 is 1.79 bits per heavy atom. The van der Waals surface area contributed by atoms with E-state index in [0.717, 1.165) is 54.8 Å². The summed E-state index contributed by atoms with van der Waals surface area (Å²) >= 11 is 0.